The van der Waals surface area contributed by atoms with Crippen LogP contribution in [0.3, 0.4) is 0 Å². The Labute approximate surface area is 147 Å². The molecule has 6 nitrogen and oxygen atoms in total. The predicted molar refractivity (Wildman–Crippen MR) is 98.0 cm³/mol. The van der Waals surface area contributed by atoms with Crippen molar-refractivity contribution in [3.05, 3.63) is 53.6 Å². The Morgan fingerprint density at radius 2 is 1.72 bits per heavy atom. The molecule has 1 saturated heterocycles. The third-order valence-electron chi connectivity index (χ3n) is 4.27. The van der Waals surface area contributed by atoms with Crippen LogP contribution in [0, 0.1) is 6.92 Å². The van der Waals surface area contributed by atoms with E-state index < -0.39 is 10.0 Å². The molecule has 132 valence electrons. The molecule has 1 aliphatic heterocycles. The number of nitrogens with two attached hydrogens (primary N) is 1. The molecule has 7 heteroatoms. The zero-order valence-electron chi connectivity index (χ0n) is 14.0. The third kappa shape index (κ3) is 3.67. The van der Waals surface area contributed by atoms with Gasteiger partial charge in [0.05, 0.1) is 16.3 Å². The maximum atomic E-state index is 12.5. The Hall–Kier alpha value is -2.38. The SMILES string of the molecule is Cc1ccc(NC(=O)c2ccc(S(=O)(=O)N3CCCC3)cc2)c(N)c1. The third-order valence-corrected chi connectivity index (χ3v) is 6.19. The maximum Gasteiger partial charge on any atom is 0.255 e. The molecule has 2 aromatic rings. The van der Waals surface area contributed by atoms with E-state index in [1.807, 2.05) is 13.0 Å². The average molecular weight is 359 g/mol. The van der Waals surface area contributed by atoms with E-state index in [2.05, 4.69) is 5.32 Å². The summed E-state index contributed by atoms with van der Waals surface area (Å²) in [5.41, 5.74) is 8.30. The van der Waals surface area contributed by atoms with Gasteiger partial charge in [-0.3, -0.25) is 4.79 Å². The minimum atomic E-state index is -3.47. The molecule has 0 bridgehead atoms. The summed E-state index contributed by atoms with van der Waals surface area (Å²) in [5, 5.41) is 2.74. The number of hydrogen-bond donors (Lipinski definition) is 2. The van der Waals surface area contributed by atoms with Gasteiger partial charge in [-0.2, -0.15) is 4.31 Å². The summed E-state index contributed by atoms with van der Waals surface area (Å²) < 4.78 is 26.5. The number of sulfonamides is 1. The van der Waals surface area contributed by atoms with Crippen LogP contribution in [0.5, 0.6) is 0 Å². The molecular weight excluding hydrogens is 338 g/mol. The van der Waals surface area contributed by atoms with E-state index in [0.29, 0.717) is 30.0 Å². The summed E-state index contributed by atoms with van der Waals surface area (Å²) in [5.74, 6) is -0.333. The van der Waals surface area contributed by atoms with Gasteiger partial charge in [0, 0.05) is 18.7 Å². The van der Waals surface area contributed by atoms with Crippen molar-refractivity contribution in [3.63, 3.8) is 0 Å². The molecule has 0 aromatic heterocycles. The lowest BCUT2D eigenvalue weighted by molar-refractivity contribution is 0.102. The molecule has 3 rings (SSSR count). The van der Waals surface area contributed by atoms with Crippen molar-refractivity contribution in [3.8, 4) is 0 Å². The normalized spacial score (nSPS) is 15.2. The molecule has 0 aliphatic carbocycles. The lowest BCUT2D eigenvalue weighted by Gasteiger charge is -2.15. The van der Waals surface area contributed by atoms with Gasteiger partial charge >= 0.3 is 0 Å². The number of carbonyl (C=O) groups is 1. The van der Waals surface area contributed by atoms with Crippen LogP contribution in [0.2, 0.25) is 0 Å². The molecule has 0 unspecified atom stereocenters. The van der Waals surface area contributed by atoms with Gasteiger partial charge in [-0.15, -0.1) is 0 Å². The summed E-state index contributed by atoms with van der Waals surface area (Å²) in [7, 11) is -3.47. The molecule has 0 saturated carbocycles. The molecule has 1 amide bonds. The molecule has 0 atom stereocenters. The number of nitrogens with zero attached hydrogens (tertiary/aromatic N) is 1. The Bertz CT molecular complexity index is 886. The molecule has 0 spiro atoms. The highest BCUT2D eigenvalue weighted by molar-refractivity contribution is 7.89. The zero-order valence-corrected chi connectivity index (χ0v) is 14.8. The first-order valence-electron chi connectivity index (χ1n) is 8.15. The van der Waals surface area contributed by atoms with Gasteiger partial charge in [0.25, 0.3) is 5.91 Å². The molecule has 0 radical (unpaired) electrons. The number of benzene rings is 2. The highest BCUT2D eigenvalue weighted by Crippen LogP contribution is 2.23. The molecule has 1 fully saturated rings. The standard InChI is InChI=1S/C18H21N3O3S/c1-13-4-9-17(16(19)12-13)20-18(22)14-5-7-15(8-6-14)25(23,24)21-10-2-3-11-21/h4-9,12H,2-3,10-11,19H2,1H3,(H,20,22). The molecular formula is C18H21N3O3S. The molecule has 2 aromatic carbocycles. The second kappa shape index (κ2) is 6.85. The van der Waals surface area contributed by atoms with Crippen molar-refractivity contribution in [2.24, 2.45) is 0 Å². The van der Waals surface area contributed by atoms with E-state index in [-0.39, 0.29) is 10.8 Å². The van der Waals surface area contributed by atoms with Crippen LogP contribution in [0.25, 0.3) is 0 Å². The first kappa shape index (κ1) is 17.4. The number of hydrogen-bond acceptors (Lipinski definition) is 4. The highest BCUT2D eigenvalue weighted by Gasteiger charge is 2.27. The van der Waals surface area contributed by atoms with Gasteiger partial charge in [0.15, 0.2) is 0 Å². The fourth-order valence-electron chi connectivity index (χ4n) is 2.85. The number of aryl methyl sites for hydroxylation is 1. The minimum Gasteiger partial charge on any atom is -0.397 e. The number of nitrogen functional groups attached to an aromatic ring is 1. The number of carbonyl (C=O) groups excluding carboxylic acids is 1. The van der Waals surface area contributed by atoms with Gasteiger partial charge in [-0.05, 0) is 61.7 Å². The Morgan fingerprint density at radius 1 is 1.08 bits per heavy atom. The Kier molecular flexibility index (Phi) is 4.78. The monoisotopic (exact) mass is 359 g/mol. The zero-order chi connectivity index (χ0) is 18.0. The summed E-state index contributed by atoms with van der Waals surface area (Å²) in [4.78, 5) is 12.6. The highest BCUT2D eigenvalue weighted by atomic mass is 32.2. The van der Waals surface area contributed by atoms with Crippen molar-refractivity contribution in [1.29, 1.82) is 0 Å². The largest absolute Gasteiger partial charge is 0.397 e. The van der Waals surface area contributed by atoms with E-state index >= 15 is 0 Å². The number of nitrogens with one attached hydrogen (secondary N) is 1. The van der Waals surface area contributed by atoms with Crippen molar-refractivity contribution >= 4 is 27.3 Å². The van der Waals surface area contributed by atoms with Crippen molar-refractivity contribution < 1.29 is 13.2 Å². The van der Waals surface area contributed by atoms with Crippen LogP contribution in [-0.4, -0.2) is 31.7 Å². The van der Waals surface area contributed by atoms with Crippen molar-refractivity contribution in [2.75, 3.05) is 24.1 Å². The average Bonchev–Trinajstić information content (AvgIpc) is 3.13. The van der Waals surface area contributed by atoms with E-state index in [9.17, 15) is 13.2 Å². The van der Waals surface area contributed by atoms with Crippen molar-refractivity contribution in [1.82, 2.24) is 4.31 Å². The van der Waals surface area contributed by atoms with Crippen molar-refractivity contribution in [2.45, 2.75) is 24.7 Å². The van der Waals surface area contributed by atoms with Crippen LogP contribution < -0.4 is 11.1 Å². The quantitative estimate of drug-likeness (QED) is 0.821. The van der Waals surface area contributed by atoms with E-state index in [1.165, 1.54) is 28.6 Å². The minimum absolute atomic E-state index is 0.209. The Balaban J connectivity index is 1.76. The summed E-state index contributed by atoms with van der Waals surface area (Å²) in [6.07, 6.45) is 1.77. The summed E-state index contributed by atoms with van der Waals surface area (Å²) in [6, 6.07) is 11.4. The maximum absolute atomic E-state index is 12.5. The van der Waals surface area contributed by atoms with Gasteiger partial charge in [0.1, 0.15) is 0 Å². The summed E-state index contributed by atoms with van der Waals surface area (Å²) >= 11 is 0. The van der Waals surface area contributed by atoms with Crippen LogP contribution in [0.1, 0.15) is 28.8 Å². The van der Waals surface area contributed by atoms with E-state index in [4.69, 9.17) is 5.73 Å². The first-order chi connectivity index (χ1) is 11.9. The Morgan fingerprint density at radius 3 is 2.32 bits per heavy atom. The van der Waals surface area contributed by atoms with E-state index in [1.54, 1.807) is 12.1 Å². The molecule has 25 heavy (non-hydrogen) atoms. The van der Waals surface area contributed by atoms with Gasteiger partial charge in [0.2, 0.25) is 10.0 Å². The van der Waals surface area contributed by atoms with Gasteiger partial charge in [-0.1, -0.05) is 6.07 Å². The fraction of sp³-hybridized carbons (Fsp3) is 0.278. The van der Waals surface area contributed by atoms with Gasteiger partial charge < -0.3 is 11.1 Å². The predicted octanol–water partition coefficient (Wildman–Crippen LogP) is 2.61. The first-order valence-corrected chi connectivity index (χ1v) is 9.59. The van der Waals surface area contributed by atoms with Crippen LogP contribution in [0.4, 0.5) is 11.4 Å². The lowest BCUT2D eigenvalue weighted by atomic mass is 10.1. The molecule has 1 heterocycles. The van der Waals surface area contributed by atoms with E-state index in [0.717, 1.165) is 18.4 Å². The van der Waals surface area contributed by atoms with Gasteiger partial charge in [-0.25, -0.2) is 8.42 Å². The second-order valence-electron chi connectivity index (χ2n) is 6.18. The molecule has 3 N–H and O–H groups in total. The topological polar surface area (TPSA) is 92.5 Å². The summed E-state index contributed by atoms with van der Waals surface area (Å²) in [6.45, 7) is 3.02. The lowest BCUT2D eigenvalue weighted by Crippen LogP contribution is -2.27. The molecule has 1 aliphatic rings. The number of amides is 1. The second-order valence-corrected chi connectivity index (χ2v) is 8.12. The van der Waals surface area contributed by atoms with Crippen LogP contribution >= 0.6 is 0 Å². The fourth-order valence-corrected chi connectivity index (χ4v) is 4.36. The van der Waals surface area contributed by atoms with Crippen LogP contribution in [0.15, 0.2) is 47.4 Å². The van der Waals surface area contributed by atoms with Crippen LogP contribution in [-0.2, 0) is 10.0 Å². The smallest absolute Gasteiger partial charge is 0.255 e. The number of anilines is 2. The number of rotatable bonds is 4.